The summed E-state index contributed by atoms with van der Waals surface area (Å²) >= 11 is 0. The van der Waals surface area contributed by atoms with Gasteiger partial charge in [0.05, 0.1) is 22.3 Å². The average Bonchev–Trinajstić information content (AvgIpc) is 4.09. The van der Waals surface area contributed by atoms with Gasteiger partial charge < -0.3 is 5.11 Å². The number of phenolic OH excluding ortho intramolecular Hbond substituents is 1. The Morgan fingerprint density at radius 2 is 1.19 bits per heavy atom. The molecular weight excluding hydrogens is 1020 g/mol. The standard InChI is InChI=1S/C64H54N3O.Pt/c1-64(2,3)53-33-34-59(57(42-53)48-23-11-6-12-24-48)67-60-28-16-25-54(61(60)66-63(67)56-27-15-26-55(62(56)68)47-21-9-5-10-22-47)51-38-50(45-19-7-4-8-20-45)39-52(40-51)58-41-49(35-36-65-58)46-31-29-44(30-32-46)37-43-17-13-14-18-43;/h4-12,15-16,19-36,38-39,41-43,68H,13-14,17-18,37H2,1-3H3;/q-1;/i37D2;. The van der Waals surface area contributed by atoms with Crippen LogP contribution in [0.25, 0.3) is 95.0 Å². The second-order valence-electron chi connectivity index (χ2n) is 19.1. The monoisotopic (exact) mass is 1080 g/mol. The molecule has 0 radical (unpaired) electrons. The summed E-state index contributed by atoms with van der Waals surface area (Å²) in [4.78, 5) is 10.5. The SMILES string of the molecule is [2H]C([2H])(c1ccc(-c2ccnc(-c3[c-]c(-c4cccc5c4nc(-c4cccc(-c6ccccc6)c4O)n5-c4ccc(C(C)(C)C)cc4-c4ccccc4)cc(-c4ccccc4)c3)c2)cc1)C1CCCC1.[Pt]. The molecule has 11 rings (SSSR count). The van der Waals surface area contributed by atoms with Gasteiger partial charge in [-0.3, -0.25) is 9.55 Å². The number of fused-ring (bicyclic) bond motifs is 1. The van der Waals surface area contributed by atoms with Gasteiger partial charge in [0.2, 0.25) is 0 Å². The van der Waals surface area contributed by atoms with Crippen molar-refractivity contribution in [1.82, 2.24) is 14.5 Å². The number of imidazole rings is 1. The van der Waals surface area contributed by atoms with Gasteiger partial charge in [0, 0.05) is 46.8 Å². The number of aromatic hydroxyl groups is 1. The number of pyridine rings is 1. The molecule has 2 aromatic heterocycles. The second-order valence-corrected chi connectivity index (χ2v) is 19.1. The first kappa shape index (κ1) is 43.2. The molecule has 1 N–H and O–H groups in total. The Morgan fingerprint density at radius 3 is 1.88 bits per heavy atom. The van der Waals surface area contributed by atoms with E-state index in [1.807, 2.05) is 97.2 Å². The third-order valence-corrected chi connectivity index (χ3v) is 13.5. The predicted octanol–water partition coefficient (Wildman–Crippen LogP) is 16.6. The molecule has 0 aliphatic heterocycles. The molecular formula is C64H54N3OPt-. The van der Waals surface area contributed by atoms with Gasteiger partial charge >= 0.3 is 0 Å². The summed E-state index contributed by atoms with van der Waals surface area (Å²) < 4.78 is 20.2. The minimum absolute atomic E-state index is 0. The maximum absolute atomic E-state index is 12.4. The Morgan fingerprint density at radius 1 is 0.580 bits per heavy atom. The van der Waals surface area contributed by atoms with E-state index in [-0.39, 0.29) is 38.1 Å². The molecule has 5 heteroatoms. The van der Waals surface area contributed by atoms with Crippen LogP contribution in [0.1, 0.15) is 60.3 Å². The van der Waals surface area contributed by atoms with Crippen molar-refractivity contribution in [3.8, 4) is 89.7 Å². The van der Waals surface area contributed by atoms with Crippen LogP contribution in [0.3, 0.4) is 0 Å². The van der Waals surface area contributed by atoms with Crippen LogP contribution < -0.4 is 0 Å². The van der Waals surface area contributed by atoms with Crippen molar-refractivity contribution >= 4 is 11.0 Å². The number of nitrogens with zero attached hydrogens (tertiary/aromatic N) is 3. The quantitative estimate of drug-likeness (QED) is 0.139. The molecule has 0 saturated heterocycles. The van der Waals surface area contributed by atoms with E-state index < -0.39 is 6.37 Å². The molecule has 1 aliphatic carbocycles. The van der Waals surface area contributed by atoms with Crippen LogP contribution in [-0.4, -0.2) is 19.6 Å². The van der Waals surface area contributed by atoms with E-state index in [1.54, 1.807) is 0 Å². The Labute approximate surface area is 423 Å². The van der Waals surface area contributed by atoms with E-state index in [1.165, 1.54) is 5.56 Å². The molecule has 4 nitrogen and oxygen atoms in total. The summed E-state index contributed by atoms with van der Waals surface area (Å²) in [6.07, 6.45) is 4.57. The smallest absolute Gasteiger partial charge is 0.148 e. The van der Waals surface area contributed by atoms with Gasteiger partial charge in [0.25, 0.3) is 0 Å². The molecule has 69 heavy (non-hydrogen) atoms. The fraction of sp³-hybridized carbons (Fsp3) is 0.156. The maximum Gasteiger partial charge on any atom is 0.148 e. The average molecular weight is 1080 g/mol. The number of hydrogen-bond acceptors (Lipinski definition) is 3. The molecule has 1 fully saturated rings. The fourth-order valence-electron chi connectivity index (χ4n) is 9.83. The summed E-state index contributed by atoms with van der Waals surface area (Å²) in [5.74, 6) is 0.838. The van der Waals surface area contributed by atoms with Gasteiger partial charge in [-0.05, 0) is 87.0 Å². The first-order valence-corrected chi connectivity index (χ1v) is 23.8. The van der Waals surface area contributed by atoms with Gasteiger partial charge in [-0.1, -0.05) is 215 Å². The van der Waals surface area contributed by atoms with Gasteiger partial charge in [0.15, 0.2) is 0 Å². The minimum Gasteiger partial charge on any atom is -0.507 e. The van der Waals surface area contributed by atoms with Crippen LogP contribution >= 0.6 is 0 Å². The third-order valence-electron chi connectivity index (χ3n) is 13.5. The molecule has 1 saturated carbocycles. The minimum atomic E-state index is -1.35. The summed E-state index contributed by atoms with van der Waals surface area (Å²) in [5.41, 5.74) is 16.3. The van der Waals surface area contributed by atoms with E-state index in [2.05, 4.69) is 135 Å². The number of aromatic nitrogens is 3. The second kappa shape index (κ2) is 19.5. The van der Waals surface area contributed by atoms with E-state index >= 15 is 0 Å². The molecule has 0 unspecified atom stereocenters. The number of benzene rings is 8. The van der Waals surface area contributed by atoms with Crippen LogP contribution in [0.2, 0.25) is 0 Å². The van der Waals surface area contributed by atoms with Crippen molar-refractivity contribution in [2.45, 2.75) is 58.2 Å². The first-order chi connectivity index (χ1) is 34.0. The number of para-hydroxylation sites is 2. The summed E-state index contributed by atoms with van der Waals surface area (Å²) in [6.45, 7) is 6.72. The topological polar surface area (TPSA) is 50.9 Å². The van der Waals surface area contributed by atoms with Gasteiger partial charge in [-0.15, -0.1) is 23.8 Å². The molecule has 0 bridgehead atoms. The van der Waals surface area contributed by atoms with Crippen LogP contribution in [0.15, 0.2) is 200 Å². The van der Waals surface area contributed by atoms with Crippen molar-refractivity contribution < 1.29 is 28.9 Å². The molecule has 0 amide bonds. The van der Waals surface area contributed by atoms with E-state index in [9.17, 15) is 5.11 Å². The molecule has 0 atom stereocenters. The van der Waals surface area contributed by atoms with E-state index in [0.29, 0.717) is 11.4 Å². The molecule has 0 spiro atoms. The molecule has 8 aromatic carbocycles. The Hall–Kier alpha value is -7.13. The van der Waals surface area contributed by atoms with Crippen molar-refractivity contribution in [2.24, 2.45) is 5.92 Å². The van der Waals surface area contributed by atoms with Crippen LogP contribution in [-0.2, 0) is 32.9 Å². The summed E-state index contributed by atoms with van der Waals surface area (Å²) in [6, 6.07) is 70.2. The maximum atomic E-state index is 12.4. The largest absolute Gasteiger partial charge is 0.507 e. The van der Waals surface area contributed by atoms with Crippen LogP contribution in [0, 0.1) is 12.0 Å². The fourth-order valence-corrected chi connectivity index (χ4v) is 9.83. The molecule has 10 aromatic rings. The zero-order chi connectivity index (χ0) is 48.0. The molecule has 2 heterocycles. The number of hydrogen-bond donors (Lipinski definition) is 1. The van der Waals surface area contributed by atoms with Gasteiger partial charge in [-0.25, -0.2) is 4.98 Å². The summed E-state index contributed by atoms with van der Waals surface area (Å²) in [7, 11) is 0. The van der Waals surface area contributed by atoms with Crippen LogP contribution in [0.4, 0.5) is 0 Å². The zero-order valence-electron chi connectivity index (χ0n) is 41.1. The normalized spacial score (nSPS) is 13.5. The van der Waals surface area contributed by atoms with Crippen LogP contribution in [0.5, 0.6) is 5.75 Å². The van der Waals surface area contributed by atoms with Crippen molar-refractivity contribution in [1.29, 1.82) is 0 Å². The number of phenols is 1. The van der Waals surface area contributed by atoms with Crippen molar-refractivity contribution in [3.63, 3.8) is 0 Å². The zero-order valence-corrected chi connectivity index (χ0v) is 41.3. The van der Waals surface area contributed by atoms with Crippen molar-refractivity contribution in [3.05, 3.63) is 218 Å². The van der Waals surface area contributed by atoms with Crippen molar-refractivity contribution in [2.75, 3.05) is 0 Å². The third kappa shape index (κ3) is 9.27. The Balaban J connectivity index is 0.00000582. The van der Waals surface area contributed by atoms with E-state index in [0.717, 1.165) is 115 Å². The number of rotatable bonds is 10. The predicted molar refractivity (Wildman–Crippen MR) is 282 cm³/mol. The Kier molecular flexibility index (Phi) is 12.2. The molecule has 1 aliphatic rings. The summed E-state index contributed by atoms with van der Waals surface area (Å²) in [5, 5.41) is 12.4. The van der Waals surface area contributed by atoms with Gasteiger partial charge in [0.1, 0.15) is 11.6 Å². The molecule has 342 valence electrons. The Bertz CT molecular complexity index is 3510. The van der Waals surface area contributed by atoms with Gasteiger partial charge in [-0.2, -0.15) is 0 Å². The van der Waals surface area contributed by atoms with E-state index in [4.69, 9.17) is 12.7 Å². The first-order valence-electron chi connectivity index (χ1n) is 24.8.